The Bertz CT molecular complexity index is 489. The Hall–Kier alpha value is -1.73. The van der Waals surface area contributed by atoms with Crippen LogP contribution in [0.2, 0.25) is 0 Å². The van der Waals surface area contributed by atoms with Gasteiger partial charge in [0.2, 0.25) is 0 Å². The number of hydrogen-bond acceptors (Lipinski definition) is 3. The number of rotatable bonds is 7. The van der Waals surface area contributed by atoms with E-state index in [1.165, 1.54) is 0 Å². The number of benzene rings is 1. The van der Waals surface area contributed by atoms with Crippen LogP contribution in [0.5, 0.6) is 0 Å². The first-order valence-electron chi connectivity index (χ1n) is 6.80. The largest absolute Gasteiger partial charge is 0.465 e. The maximum atomic E-state index is 13.2. The molecule has 0 aromatic heterocycles. The highest BCUT2D eigenvalue weighted by Gasteiger charge is 2.26. The van der Waals surface area contributed by atoms with Gasteiger partial charge in [-0.15, -0.1) is 0 Å². The lowest BCUT2D eigenvalue weighted by Crippen LogP contribution is -2.48. The van der Waals surface area contributed by atoms with E-state index < -0.39 is 29.9 Å². The second-order valence-corrected chi connectivity index (χ2v) is 5.29. The molecule has 5 nitrogen and oxygen atoms in total. The molecule has 1 aromatic carbocycles. The zero-order valence-electron chi connectivity index (χ0n) is 11.4. The number of amides is 1. The molecule has 2 atom stereocenters. The number of aliphatic hydroxyl groups is 1. The first-order chi connectivity index (χ1) is 9.94. The van der Waals surface area contributed by atoms with Gasteiger partial charge in [-0.2, -0.15) is 0 Å². The van der Waals surface area contributed by atoms with Gasteiger partial charge in [-0.25, -0.2) is 13.6 Å². The predicted molar refractivity (Wildman–Crippen MR) is 72.0 cm³/mol. The van der Waals surface area contributed by atoms with Crippen LogP contribution in [0.3, 0.4) is 0 Å². The molecule has 0 spiro atoms. The fourth-order valence-electron chi connectivity index (χ4n) is 2.14. The Kier molecular flexibility index (Phi) is 5.08. The fourth-order valence-corrected chi connectivity index (χ4v) is 2.14. The second kappa shape index (κ2) is 6.82. The Morgan fingerprint density at radius 1 is 1.29 bits per heavy atom. The van der Waals surface area contributed by atoms with E-state index >= 15 is 0 Å². The van der Waals surface area contributed by atoms with Crippen LogP contribution in [0.4, 0.5) is 13.6 Å². The lowest BCUT2D eigenvalue weighted by molar-refractivity contribution is 0.117. The molecule has 0 heterocycles. The summed E-state index contributed by atoms with van der Waals surface area (Å²) in [5.74, 6) is -1.46. The lowest BCUT2D eigenvalue weighted by atomic mass is 10.0. The van der Waals surface area contributed by atoms with Crippen molar-refractivity contribution in [3.63, 3.8) is 0 Å². The molecule has 1 aromatic rings. The molecule has 1 amide bonds. The zero-order chi connectivity index (χ0) is 15.4. The summed E-state index contributed by atoms with van der Waals surface area (Å²) in [7, 11) is 0. The van der Waals surface area contributed by atoms with Crippen LogP contribution in [-0.4, -0.2) is 41.0 Å². The Balaban J connectivity index is 2.01. The first-order valence-corrected chi connectivity index (χ1v) is 6.80. The van der Waals surface area contributed by atoms with Crippen molar-refractivity contribution in [3.8, 4) is 0 Å². The van der Waals surface area contributed by atoms with Gasteiger partial charge in [0, 0.05) is 18.7 Å². The zero-order valence-corrected chi connectivity index (χ0v) is 11.4. The second-order valence-electron chi connectivity index (χ2n) is 5.29. The van der Waals surface area contributed by atoms with Crippen molar-refractivity contribution in [2.24, 2.45) is 0 Å². The van der Waals surface area contributed by atoms with Crippen LogP contribution < -0.4 is 10.6 Å². The molecule has 1 saturated carbocycles. The smallest absolute Gasteiger partial charge is 0.404 e. The molecule has 0 aliphatic heterocycles. The quantitative estimate of drug-likeness (QED) is 0.611. The molecule has 0 saturated heterocycles. The minimum absolute atomic E-state index is 0.00843. The molecule has 0 unspecified atom stereocenters. The predicted octanol–water partition coefficient (Wildman–Crippen LogP) is 1.26. The molecule has 7 heteroatoms. The van der Waals surface area contributed by atoms with Gasteiger partial charge in [0.1, 0.15) is 11.6 Å². The monoisotopic (exact) mass is 300 g/mol. The van der Waals surface area contributed by atoms with Gasteiger partial charge in [0.05, 0.1) is 12.1 Å². The van der Waals surface area contributed by atoms with Crippen molar-refractivity contribution in [2.75, 3.05) is 6.54 Å². The summed E-state index contributed by atoms with van der Waals surface area (Å²) in [5, 5.41) is 24.2. The minimum atomic E-state index is -1.29. The molecule has 4 N–H and O–H groups in total. The maximum Gasteiger partial charge on any atom is 0.404 e. The van der Waals surface area contributed by atoms with Gasteiger partial charge >= 0.3 is 6.09 Å². The van der Waals surface area contributed by atoms with Crippen molar-refractivity contribution in [1.82, 2.24) is 10.6 Å². The van der Waals surface area contributed by atoms with Crippen LogP contribution in [0.1, 0.15) is 18.4 Å². The van der Waals surface area contributed by atoms with Crippen LogP contribution in [0.25, 0.3) is 0 Å². The number of carboxylic acid groups (broad SMARTS) is 1. The van der Waals surface area contributed by atoms with Gasteiger partial charge in [-0.1, -0.05) is 0 Å². The molecule has 1 aliphatic carbocycles. The van der Waals surface area contributed by atoms with Crippen molar-refractivity contribution < 1.29 is 23.8 Å². The van der Waals surface area contributed by atoms with E-state index in [1.807, 2.05) is 0 Å². The standard InChI is InChI=1S/C14H18F2N2O3/c15-9-3-8(4-10(16)6-9)5-12(18-14(20)21)13(19)7-17-11-1-2-11/h3-4,6,11-13,17-19H,1-2,5,7H2,(H,20,21)/t12-,13+/m0/s1. The van der Waals surface area contributed by atoms with Gasteiger partial charge < -0.3 is 20.8 Å². The topological polar surface area (TPSA) is 81.6 Å². The molecule has 0 radical (unpaired) electrons. The SMILES string of the molecule is O=C(O)N[C@@H](Cc1cc(F)cc(F)c1)[C@H](O)CNC1CC1. The van der Waals surface area contributed by atoms with Crippen LogP contribution in [-0.2, 0) is 6.42 Å². The first kappa shape index (κ1) is 15.7. The van der Waals surface area contributed by atoms with Gasteiger partial charge in [0.15, 0.2) is 0 Å². The average Bonchev–Trinajstić information content (AvgIpc) is 3.17. The van der Waals surface area contributed by atoms with Crippen LogP contribution >= 0.6 is 0 Å². The van der Waals surface area contributed by atoms with E-state index in [0.29, 0.717) is 6.04 Å². The van der Waals surface area contributed by atoms with Crippen molar-refractivity contribution in [1.29, 1.82) is 0 Å². The number of aliphatic hydroxyl groups excluding tert-OH is 1. The van der Waals surface area contributed by atoms with E-state index in [2.05, 4.69) is 10.6 Å². The minimum Gasteiger partial charge on any atom is -0.465 e. The van der Waals surface area contributed by atoms with E-state index in [9.17, 15) is 18.7 Å². The number of hydrogen-bond donors (Lipinski definition) is 4. The summed E-state index contributed by atoms with van der Waals surface area (Å²) in [4.78, 5) is 10.8. The van der Waals surface area contributed by atoms with E-state index in [0.717, 1.165) is 31.0 Å². The van der Waals surface area contributed by atoms with Crippen molar-refractivity contribution in [2.45, 2.75) is 37.5 Å². The van der Waals surface area contributed by atoms with E-state index in [4.69, 9.17) is 5.11 Å². The highest BCUT2D eigenvalue weighted by Crippen LogP contribution is 2.19. The van der Waals surface area contributed by atoms with Crippen LogP contribution in [0.15, 0.2) is 18.2 Å². The summed E-state index contributed by atoms with van der Waals surface area (Å²) in [5.41, 5.74) is 0.289. The van der Waals surface area contributed by atoms with Gasteiger partial charge in [0.25, 0.3) is 0 Å². The molecule has 21 heavy (non-hydrogen) atoms. The van der Waals surface area contributed by atoms with Crippen molar-refractivity contribution in [3.05, 3.63) is 35.4 Å². The normalized spacial score (nSPS) is 17.3. The molecular formula is C14H18F2N2O3. The van der Waals surface area contributed by atoms with Gasteiger partial charge in [-0.05, 0) is 37.0 Å². The third-order valence-corrected chi connectivity index (χ3v) is 3.34. The maximum absolute atomic E-state index is 13.2. The number of carbonyl (C=O) groups is 1. The van der Waals surface area contributed by atoms with Gasteiger partial charge in [-0.3, -0.25) is 0 Å². The number of halogens is 2. The summed E-state index contributed by atoms with van der Waals surface area (Å²) in [6.45, 7) is 0.230. The summed E-state index contributed by atoms with van der Waals surface area (Å²) >= 11 is 0. The summed E-state index contributed by atoms with van der Waals surface area (Å²) in [6, 6.07) is 2.53. The fraction of sp³-hybridized carbons (Fsp3) is 0.500. The molecule has 1 aliphatic rings. The van der Waals surface area contributed by atoms with Crippen molar-refractivity contribution >= 4 is 6.09 Å². The molecule has 2 rings (SSSR count). The lowest BCUT2D eigenvalue weighted by Gasteiger charge is -2.23. The number of nitrogens with one attached hydrogen (secondary N) is 2. The summed E-state index contributed by atoms with van der Waals surface area (Å²) < 4.78 is 26.3. The molecule has 0 bridgehead atoms. The van der Waals surface area contributed by atoms with E-state index in [-0.39, 0.29) is 18.5 Å². The molecule has 1 fully saturated rings. The third-order valence-electron chi connectivity index (χ3n) is 3.34. The Morgan fingerprint density at radius 3 is 2.43 bits per heavy atom. The summed E-state index contributed by atoms with van der Waals surface area (Å²) in [6.07, 6.45) is -0.179. The Morgan fingerprint density at radius 2 is 1.90 bits per heavy atom. The highest BCUT2D eigenvalue weighted by atomic mass is 19.1. The average molecular weight is 300 g/mol. The highest BCUT2D eigenvalue weighted by molar-refractivity contribution is 5.65. The Labute approximate surface area is 121 Å². The third kappa shape index (κ3) is 5.28. The van der Waals surface area contributed by atoms with Crippen LogP contribution in [0, 0.1) is 11.6 Å². The van der Waals surface area contributed by atoms with E-state index in [1.54, 1.807) is 0 Å². The molecule has 116 valence electrons. The molecular weight excluding hydrogens is 282 g/mol.